The molecule has 76 valence electrons. The van der Waals surface area contributed by atoms with Gasteiger partial charge in [-0.05, 0) is 61.7 Å². The highest BCUT2D eigenvalue weighted by atomic mass is 14.5. The summed E-state index contributed by atoms with van der Waals surface area (Å²) in [6.07, 6.45) is 7.54. The van der Waals surface area contributed by atoms with Gasteiger partial charge in [-0.2, -0.15) is 0 Å². The van der Waals surface area contributed by atoms with Crippen LogP contribution in [-0.2, 0) is 0 Å². The van der Waals surface area contributed by atoms with Gasteiger partial charge < -0.3 is 0 Å². The summed E-state index contributed by atoms with van der Waals surface area (Å²) in [5.74, 6) is 4.94. The van der Waals surface area contributed by atoms with E-state index in [1.165, 1.54) is 25.7 Å². The summed E-state index contributed by atoms with van der Waals surface area (Å²) in [6.45, 7) is 4.50. The molecule has 0 atom stereocenters. The van der Waals surface area contributed by atoms with Gasteiger partial charge in [-0.25, -0.2) is 0 Å². The fraction of sp³-hybridized carbons (Fsp3) is 1.00. The summed E-state index contributed by atoms with van der Waals surface area (Å²) in [5, 5.41) is 0.0720. The fourth-order valence-corrected chi connectivity index (χ4v) is 5.14. The van der Waals surface area contributed by atoms with Crippen molar-refractivity contribution in [3.8, 4) is 0 Å². The summed E-state index contributed by atoms with van der Waals surface area (Å²) >= 11 is 0. The van der Waals surface area contributed by atoms with Gasteiger partial charge in [0.1, 0.15) is 0 Å². The zero-order valence-electron chi connectivity index (χ0n) is 9.50. The topological polar surface area (TPSA) is 0 Å². The molecule has 14 heavy (non-hydrogen) atoms. The van der Waals surface area contributed by atoms with E-state index in [4.69, 9.17) is 7.85 Å². The highest BCUT2D eigenvalue weighted by Gasteiger charge is 2.51. The second kappa shape index (κ2) is 2.80. The molecular weight excluding hydrogens is 167 g/mol. The molecule has 4 rings (SSSR count). The fourth-order valence-electron chi connectivity index (χ4n) is 5.14. The molecule has 0 spiro atoms. The molecule has 0 aromatic rings. The van der Waals surface area contributed by atoms with Gasteiger partial charge in [-0.3, -0.25) is 0 Å². The Balaban J connectivity index is 1.88. The molecule has 0 amide bonds. The second-order valence-corrected chi connectivity index (χ2v) is 6.78. The zero-order valence-corrected chi connectivity index (χ0v) is 9.50. The molecule has 0 aliphatic heterocycles. The van der Waals surface area contributed by atoms with Crippen LogP contribution in [0.5, 0.6) is 0 Å². The average Bonchev–Trinajstić information content (AvgIpc) is 1.97. The van der Waals surface area contributed by atoms with Gasteiger partial charge in [0.15, 0.2) is 0 Å². The monoisotopic (exact) mass is 188 g/mol. The van der Waals surface area contributed by atoms with Crippen molar-refractivity contribution in [2.45, 2.75) is 51.3 Å². The summed E-state index contributed by atoms with van der Waals surface area (Å²) < 4.78 is 0. The molecule has 0 heterocycles. The molecule has 4 aliphatic carbocycles. The lowest BCUT2D eigenvalue weighted by atomic mass is 9.44. The van der Waals surface area contributed by atoms with E-state index in [0.29, 0.717) is 0 Å². The Morgan fingerprint density at radius 3 is 1.64 bits per heavy atom. The van der Waals surface area contributed by atoms with Crippen molar-refractivity contribution in [1.82, 2.24) is 0 Å². The molecule has 0 saturated heterocycles. The minimum Gasteiger partial charge on any atom is -0.0683 e. The van der Waals surface area contributed by atoms with E-state index in [2.05, 4.69) is 13.8 Å². The molecule has 0 nitrogen and oxygen atoms in total. The van der Waals surface area contributed by atoms with Crippen molar-refractivity contribution < 1.29 is 0 Å². The van der Waals surface area contributed by atoms with Crippen LogP contribution in [0.15, 0.2) is 0 Å². The van der Waals surface area contributed by atoms with Crippen LogP contribution in [0.4, 0.5) is 0 Å². The first-order valence-electron chi connectivity index (χ1n) is 6.33. The van der Waals surface area contributed by atoms with Crippen molar-refractivity contribution in [1.29, 1.82) is 0 Å². The largest absolute Gasteiger partial charge is 0.0742 e. The van der Waals surface area contributed by atoms with E-state index in [1.54, 1.807) is 6.42 Å². The maximum Gasteiger partial charge on any atom is 0.0742 e. The Labute approximate surface area is 89.3 Å². The minimum absolute atomic E-state index is 0.0720. The third-order valence-corrected chi connectivity index (χ3v) is 5.09. The molecule has 4 aliphatic rings. The number of hydrogen-bond donors (Lipinski definition) is 0. The van der Waals surface area contributed by atoms with Gasteiger partial charge in [-0.15, -0.1) is 0 Å². The quantitative estimate of drug-likeness (QED) is 0.553. The van der Waals surface area contributed by atoms with Gasteiger partial charge >= 0.3 is 0 Å². The number of rotatable bonds is 1. The van der Waals surface area contributed by atoms with Gasteiger partial charge in [0.05, 0.1) is 7.85 Å². The van der Waals surface area contributed by atoms with Crippen molar-refractivity contribution in [3.05, 3.63) is 0 Å². The summed E-state index contributed by atoms with van der Waals surface area (Å²) in [5.41, 5.74) is 0. The predicted molar refractivity (Wildman–Crippen MR) is 60.3 cm³/mol. The van der Waals surface area contributed by atoms with Crippen molar-refractivity contribution in [3.63, 3.8) is 0 Å². The smallest absolute Gasteiger partial charge is 0.0683 e. The molecular formula is C13H21B. The van der Waals surface area contributed by atoms with E-state index < -0.39 is 0 Å². The Hall–Kier alpha value is 0.0649. The summed E-state index contributed by atoms with van der Waals surface area (Å²) in [4.78, 5) is 0. The normalized spacial score (nSPS) is 51.1. The van der Waals surface area contributed by atoms with Gasteiger partial charge in [0, 0.05) is 0 Å². The first-order chi connectivity index (χ1) is 6.54. The van der Waals surface area contributed by atoms with Gasteiger partial charge in [0.25, 0.3) is 0 Å². The second-order valence-electron chi connectivity index (χ2n) is 6.78. The first-order valence-corrected chi connectivity index (χ1v) is 6.33. The molecule has 2 radical (unpaired) electrons. The Morgan fingerprint density at radius 1 is 0.857 bits per heavy atom. The maximum absolute atomic E-state index is 6.36. The van der Waals surface area contributed by atoms with Crippen molar-refractivity contribution in [2.24, 2.45) is 29.6 Å². The Morgan fingerprint density at radius 2 is 1.29 bits per heavy atom. The van der Waals surface area contributed by atoms with Crippen LogP contribution < -0.4 is 0 Å². The zero-order chi connectivity index (χ0) is 9.92. The van der Waals surface area contributed by atoms with Crippen LogP contribution in [0.2, 0.25) is 5.31 Å². The summed E-state index contributed by atoms with van der Waals surface area (Å²) in [7, 11) is 6.36. The van der Waals surface area contributed by atoms with E-state index in [-0.39, 0.29) is 5.31 Å². The first kappa shape index (κ1) is 9.30. The minimum atomic E-state index is 0.0720. The molecule has 0 N–H and O–H groups in total. The molecule has 0 unspecified atom stereocenters. The number of hydrogen-bond acceptors (Lipinski definition) is 0. The van der Waals surface area contributed by atoms with Crippen LogP contribution in [0.25, 0.3) is 0 Å². The summed E-state index contributed by atoms with van der Waals surface area (Å²) in [6, 6.07) is 0. The lowest BCUT2D eigenvalue weighted by Crippen LogP contribution is -2.48. The van der Waals surface area contributed by atoms with Gasteiger partial charge in [0.2, 0.25) is 0 Å². The molecule has 0 aromatic carbocycles. The Kier molecular flexibility index (Phi) is 1.86. The van der Waals surface area contributed by atoms with Crippen molar-refractivity contribution >= 4 is 7.85 Å². The van der Waals surface area contributed by atoms with Crippen molar-refractivity contribution in [2.75, 3.05) is 0 Å². The molecule has 4 bridgehead atoms. The van der Waals surface area contributed by atoms with Gasteiger partial charge in [-0.1, -0.05) is 19.2 Å². The SMILES string of the molecule is [B]C(C)(C)C1C2CC3CC(C2)CC1C3. The van der Waals surface area contributed by atoms with Crippen LogP contribution in [-0.4, -0.2) is 7.85 Å². The predicted octanol–water partition coefficient (Wildman–Crippen LogP) is 3.43. The van der Waals surface area contributed by atoms with Crippen LogP contribution in [0.3, 0.4) is 0 Å². The van der Waals surface area contributed by atoms with Crippen LogP contribution in [0, 0.1) is 29.6 Å². The third-order valence-electron chi connectivity index (χ3n) is 5.09. The lowest BCUT2D eigenvalue weighted by Gasteiger charge is -2.58. The average molecular weight is 188 g/mol. The molecule has 1 heteroatoms. The Bertz CT molecular complexity index is 210. The standard InChI is InChI=1S/C13H21B/c1-13(2,14)12-10-4-8-3-9(6-10)7-11(12)5-8/h8-12H,3-7H2,1-2H3. The highest BCUT2D eigenvalue weighted by Crippen LogP contribution is 2.61. The van der Waals surface area contributed by atoms with Crippen LogP contribution >= 0.6 is 0 Å². The van der Waals surface area contributed by atoms with E-state index >= 15 is 0 Å². The molecule has 4 saturated carbocycles. The van der Waals surface area contributed by atoms with E-state index in [1.807, 2.05) is 0 Å². The molecule has 0 aromatic heterocycles. The highest BCUT2D eigenvalue weighted by molar-refractivity contribution is 6.14. The molecule has 4 fully saturated rings. The van der Waals surface area contributed by atoms with Crippen LogP contribution in [0.1, 0.15) is 46.0 Å². The maximum atomic E-state index is 6.36. The lowest BCUT2D eigenvalue weighted by molar-refractivity contribution is -0.0510. The third kappa shape index (κ3) is 1.27. The van der Waals surface area contributed by atoms with E-state index in [9.17, 15) is 0 Å². The van der Waals surface area contributed by atoms with E-state index in [0.717, 1.165) is 29.6 Å².